The third-order valence-corrected chi connectivity index (χ3v) is 5.60. The first-order chi connectivity index (χ1) is 13.6. The second kappa shape index (κ2) is 10.2. The number of nitrogens with zero attached hydrogens (tertiary/aromatic N) is 3. The summed E-state index contributed by atoms with van der Waals surface area (Å²) in [5, 5.41) is 3.13. The zero-order chi connectivity index (χ0) is 19.8. The van der Waals surface area contributed by atoms with Crippen LogP contribution in [-0.4, -0.2) is 54.0 Å². The summed E-state index contributed by atoms with van der Waals surface area (Å²) >= 11 is 0. The number of nitrogens with one attached hydrogen (secondary N) is 1. The quantitative estimate of drug-likeness (QED) is 0.800. The Hall–Kier alpha value is -2.40. The Morgan fingerprint density at radius 3 is 2.89 bits per heavy atom. The SMILES string of the molecule is Cc1cnccc1CN(C)C(=O)NCC1CCCN(CCc2ccccc2)C1. The van der Waals surface area contributed by atoms with E-state index < -0.39 is 0 Å². The molecule has 1 fully saturated rings. The van der Waals surface area contributed by atoms with Gasteiger partial charge in [-0.15, -0.1) is 0 Å². The van der Waals surface area contributed by atoms with Gasteiger partial charge in [-0.1, -0.05) is 30.3 Å². The van der Waals surface area contributed by atoms with Gasteiger partial charge in [0.05, 0.1) is 0 Å². The highest BCUT2D eigenvalue weighted by molar-refractivity contribution is 5.73. The molecule has 2 heterocycles. The van der Waals surface area contributed by atoms with Gasteiger partial charge < -0.3 is 15.1 Å². The average Bonchev–Trinajstić information content (AvgIpc) is 2.73. The third kappa shape index (κ3) is 6.06. The van der Waals surface area contributed by atoms with Gasteiger partial charge in [0.15, 0.2) is 0 Å². The van der Waals surface area contributed by atoms with Crippen molar-refractivity contribution in [2.24, 2.45) is 5.92 Å². The molecule has 0 saturated carbocycles. The van der Waals surface area contributed by atoms with Crippen molar-refractivity contribution in [2.75, 3.05) is 33.2 Å². The molecule has 1 unspecified atom stereocenters. The maximum Gasteiger partial charge on any atom is 0.317 e. The number of benzene rings is 1. The molecule has 28 heavy (non-hydrogen) atoms. The molecule has 0 aliphatic carbocycles. The van der Waals surface area contributed by atoms with Crippen molar-refractivity contribution in [1.29, 1.82) is 0 Å². The van der Waals surface area contributed by atoms with Gasteiger partial charge in [0.2, 0.25) is 0 Å². The summed E-state index contributed by atoms with van der Waals surface area (Å²) in [6, 6.07) is 12.6. The number of pyridine rings is 1. The van der Waals surface area contributed by atoms with E-state index in [1.807, 2.05) is 26.2 Å². The molecular formula is C23H32N4O. The molecular weight excluding hydrogens is 348 g/mol. The first-order valence-corrected chi connectivity index (χ1v) is 10.3. The van der Waals surface area contributed by atoms with Crippen molar-refractivity contribution in [1.82, 2.24) is 20.1 Å². The number of rotatable bonds is 7. The minimum Gasteiger partial charge on any atom is -0.338 e. The lowest BCUT2D eigenvalue weighted by atomic mass is 9.97. The van der Waals surface area contributed by atoms with Crippen LogP contribution in [0, 0.1) is 12.8 Å². The molecule has 5 nitrogen and oxygen atoms in total. The van der Waals surface area contributed by atoms with Crippen LogP contribution in [0.15, 0.2) is 48.8 Å². The first kappa shape index (κ1) is 20.3. The number of urea groups is 1. The normalized spacial score (nSPS) is 17.3. The number of carbonyl (C=O) groups excluding carboxylic acids is 1. The molecule has 3 rings (SSSR count). The molecule has 1 N–H and O–H groups in total. The number of piperidine rings is 1. The van der Waals surface area contributed by atoms with Crippen LogP contribution in [0.2, 0.25) is 0 Å². The summed E-state index contributed by atoms with van der Waals surface area (Å²) in [7, 11) is 1.85. The van der Waals surface area contributed by atoms with Crippen LogP contribution in [0.5, 0.6) is 0 Å². The van der Waals surface area contributed by atoms with Gasteiger partial charge in [-0.25, -0.2) is 4.79 Å². The summed E-state index contributed by atoms with van der Waals surface area (Å²) in [5.41, 5.74) is 3.65. The fourth-order valence-electron chi connectivity index (χ4n) is 3.83. The number of amides is 2. The summed E-state index contributed by atoms with van der Waals surface area (Å²) in [6.45, 7) is 6.71. The Morgan fingerprint density at radius 2 is 2.11 bits per heavy atom. The van der Waals surface area contributed by atoms with E-state index in [1.54, 1.807) is 11.1 Å². The molecule has 2 amide bonds. The largest absolute Gasteiger partial charge is 0.338 e. The van der Waals surface area contributed by atoms with Gasteiger partial charge in [-0.05, 0) is 61.4 Å². The lowest BCUT2D eigenvalue weighted by molar-refractivity contribution is 0.168. The van der Waals surface area contributed by atoms with Gasteiger partial charge in [0, 0.05) is 45.6 Å². The van der Waals surface area contributed by atoms with Crippen molar-refractivity contribution in [3.05, 3.63) is 65.5 Å². The number of aromatic nitrogens is 1. The van der Waals surface area contributed by atoms with E-state index >= 15 is 0 Å². The van der Waals surface area contributed by atoms with Crippen molar-refractivity contribution < 1.29 is 4.79 Å². The monoisotopic (exact) mass is 380 g/mol. The number of likely N-dealkylation sites (tertiary alicyclic amines) is 1. The number of aryl methyl sites for hydroxylation is 1. The van der Waals surface area contributed by atoms with Crippen LogP contribution < -0.4 is 5.32 Å². The fraction of sp³-hybridized carbons (Fsp3) is 0.478. The van der Waals surface area contributed by atoms with Crippen LogP contribution in [0.1, 0.15) is 29.5 Å². The van der Waals surface area contributed by atoms with E-state index in [-0.39, 0.29) is 6.03 Å². The van der Waals surface area contributed by atoms with E-state index in [0.717, 1.165) is 37.2 Å². The van der Waals surface area contributed by atoms with E-state index in [1.165, 1.54) is 24.9 Å². The van der Waals surface area contributed by atoms with Crippen LogP contribution in [0.25, 0.3) is 0 Å². The zero-order valence-corrected chi connectivity index (χ0v) is 17.1. The smallest absolute Gasteiger partial charge is 0.317 e. The maximum atomic E-state index is 12.5. The fourth-order valence-corrected chi connectivity index (χ4v) is 3.83. The second-order valence-corrected chi connectivity index (χ2v) is 7.89. The number of carbonyl (C=O) groups is 1. The minimum absolute atomic E-state index is 0.00220. The van der Waals surface area contributed by atoms with Crippen molar-refractivity contribution >= 4 is 6.03 Å². The lowest BCUT2D eigenvalue weighted by Gasteiger charge is -2.33. The third-order valence-electron chi connectivity index (χ3n) is 5.60. The molecule has 0 bridgehead atoms. The van der Waals surface area contributed by atoms with Crippen molar-refractivity contribution in [3.8, 4) is 0 Å². The van der Waals surface area contributed by atoms with Gasteiger partial charge in [0.25, 0.3) is 0 Å². The summed E-state index contributed by atoms with van der Waals surface area (Å²) in [5.74, 6) is 0.532. The van der Waals surface area contributed by atoms with Crippen molar-refractivity contribution in [2.45, 2.75) is 32.7 Å². The summed E-state index contributed by atoms with van der Waals surface area (Å²) in [6.07, 6.45) is 7.11. The average molecular weight is 381 g/mol. The molecule has 1 aliphatic rings. The first-order valence-electron chi connectivity index (χ1n) is 10.3. The van der Waals surface area contributed by atoms with Gasteiger partial charge >= 0.3 is 6.03 Å². The van der Waals surface area contributed by atoms with Crippen LogP contribution in [-0.2, 0) is 13.0 Å². The molecule has 0 radical (unpaired) electrons. The van der Waals surface area contributed by atoms with E-state index in [0.29, 0.717) is 12.5 Å². The highest BCUT2D eigenvalue weighted by Gasteiger charge is 2.21. The second-order valence-electron chi connectivity index (χ2n) is 7.89. The van der Waals surface area contributed by atoms with Crippen LogP contribution in [0.3, 0.4) is 0 Å². The molecule has 0 spiro atoms. The maximum absolute atomic E-state index is 12.5. The molecule has 1 atom stereocenters. The van der Waals surface area contributed by atoms with Crippen molar-refractivity contribution in [3.63, 3.8) is 0 Å². The molecule has 5 heteroatoms. The Balaban J connectivity index is 1.41. The minimum atomic E-state index is -0.00220. The van der Waals surface area contributed by atoms with Gasteiger partial charge in [0.1, 0.15) is 0 Å². The molecule has 1 aromatic heterocycles. The topological polar surface area (TPSA) is 48.5 Å². The Kier molecular flexibility index (Phi) is 7.43. The Bertz CT molecular complexity index is 749. The highest BCUT2D eigenvalue weighted by atomic mass is 16.2. The summed E-state index contributed by atoms with van der Waals surface area (Å²) in [4.78, 5) is 20.9. The van der Waals surface area contributed by atoms with Gasteiger partial charge in [-0.3, -0.25) is 4.98 Å². The molecule has 1 aliphatic heterocycles. The van der Waals surface area contributed by atoms with Crippen LogP contribution >= 0.6 is 0 Å². The van der Waals surface area contributed by atoms with E-state index in [2.05, 4.69) is 45.5 Å². The lowest BCUT2D eigenvalue weighted by Crippen LogP contribution is -2.44. The van der Waals surface area contributed by atoms with Crippen LogP contribution in [0.4, 0.5) is 4.79 Å². The van der Waals surface area contributed by atoms with Gasteiger partial charge in [-0.2, -0.15) is 0 Å². The Morgan fingerprint density at radius 1 is 1.29 bits per heavy atom. The number of hydrogen-bond acceptors (Lipinski definition) is 3. The predicted octanol–water partition coefficient (Wildman–Crippen LogP) is 3.49. The zero-order valence-electron chi connectivity index (χ0n) is 17.1. The molecule has 1 saturated heterocycles. The summed E-state index contributed by atoms with van der Waals surface area (Å²) < 4.78 is 0. The standard InChI is InChI=1S/C23H32N4O/c1-19-15-24-12-10-22(19)18-26(2)23(28)25-16-21-9-6-13-27(17-21)14-11-20-7-4-3-5-8-20/h3-5,7-8,10,12,15,21H,6,9,11,13-14,16-18H2,1-2H3,(H,25,28). The highest BCUT2D eigenvalue weighted by Crippen LogP contribution is 2.16. The molecule has 2 aromatic rings. The van der Waals surface area contributed by atoms with E-state index in [4.69, 9.17) is 0 Å². The molecule has 1 aromatic carbocycles. The predicted molar refractivity (Wildman–Crippen MR) is 113 cm³/mol. The molecule has 150 valence electrons. The number of hydrogen-bond donors (Lipinski definition) is 1. The van der Waals surface area contributed by atoms with E-state index in [9.17, 15) is 4.79 Å². The Labute approximate surface area is 168 Å².